The Morgan fingerprint density at radius 1 is 1.12 bits per heavy atom. The highest BCUT2D eigenvalue weighted by Crippen LogP contribution is 2.20. The number of ether oxygens (including phenoxy) is 3. The maximum absolute atomic E-state index is 11.7. The number of esters is 1. The van der Waals surface area contributed by atoms with Gasteiger partial charge in [0.1, 0.15) is 12.4 Å². The van der Waals surface area contributed by atoms with Gasteiger partial charge in [-0.2, -0.15) is 0 Å². The molecule has 0 amide bonds. The molecule has 0 radical (unpaired) electrons. The molecule has 0 heterocycles. The highest BCUT2D eigenvalue weighted by molar-refractivity contribution is 5.82. The van der Waals surface area contributed by atoms with E-state index in [0.717, 1.165) is 12.0 Å². The molecule has 4 nitrogen and oxygen atoms in total. The lowest BCUT2D eigenvalue weighted by Crippen LogP contribution is -2.28. The van der Waals surface area contributed by atoms with E-state index in [4.69, 9.17) is 14.2 Å². The van der Waals surface area contributed by atoms with Gasteiger partial charge in [0.05, 0.1) is 12.7 Å². The average molecular weight is 363 g/mol. The van der Waals surface area contributed by atoms with Crippen molar-refractivity contribution in [3.63, 3.8) is 0 Å². The topological polar surface area (TPSA) is 44.8 Å². The van der Waals surface area contributed by atoms with Crippen LogP contribution < -0.4 is 0 Å². The van der Waals surface area contributed by atoms with E-state index < -0.39 is 5.60 Å². The van der Waals surface area contributed by atoms with Gasteiger partial charge in [0.15, 0.2) is 0 Å². The zero-order valence-electron chi connectivity index (χ0n) is 17.0. The van der Waals surface area contributed by atoms with Crippen LogP contribution in [-0.4, -0.2) is 24.5 Å². The molecule has 2 atom stereocenters. The van der Waals surface area contributed by atoms with Gasteiger partial charge in [-0.15, -0.1) is 0 Å². The van der Waals surface area contributed by atoms with Gasteiger partial charge in [0.25, 0.3) is 0 Å². The van der Waals surface area contributed by atoms with Gasteiger partial charge < -0.3 is 14.2 Å². The van der Waals surface area contributed by atoms with Crippen molar-refractivity contribution in [1.82, 2.24) is 0 Å². The molecule has 1 aromatic carbocycles. The molecule has 1 aromatic rings. The second kappa shape index (κ2) is 11.1. The van der Waals surface area contributed by atoms with Crippen molar-refractivity contribution in [1.29, 1.82) is 0 Å². The van der Waals surface area contributed by atoms with Crippen LogP contribution in [0.2, 0.25) is 0 Å². The molecule has 0 aromatic heterocycles. The average Bonchev–Trinajstić information content (AvgIpc) is 2.53. The van der Waals surface area contributed by atoms with Crippen LogP contribution in [0.3, 0.4) is 0 Å². The standard InChI is InChI=1S/C22H34O4/c1-17(2)21(25-16-24-15-19-12-8-7-9-13-19)18(3)11-10-14-20(23)26-22(4,5)6/h7-10,12-14,17-18,21H,11,15-16H2,1-6H3/b14-10+/t18-,21+/m0/s1. The van der Waals surface area contributed by atoms with Crippen LogP contribution in [0.25, 0.3) is 0 Å². The third kappa shape index (κ3) is 9.73. The molecule has 0 aliphatic heterocycles. The first-order chi connectivity index (χ1) is 12.2. The predicted molar refractivity (Wildman–Crippen MR) is 105 cm³/mol. The van der Waals surface area contributed by atoms with Gasteiger partial charge >= 0.3 is 5.97 Å². The Morgan fingerprint density at radius 2 is 1.77 bits per heavy atom. The van der Waals surface area contributed by atoms with E-state index in [-0.39, 0.29) is 24.8 Å². The minimum atomic E-state index is -0.466. The Balaban J connectivity index is 2.39. The summed E-state index contributed by atoms with van der Waals surface area (Å²) in [5.74, 6) is 0.326. The number of allylic oxidation sites excluding steroid dienone is 1. The van der Waals surface area contributed by atoms with Crippen molar-refractivity contribution in [3.05, 3.63) is 48.0 Å². The quantitative estimate of drug-likeness (QED) is 0.251. The van der Waals surface area contributed by atoms with E-state index in [1.165, 1.54) is 6.08 Å². The summed E-state index contributed by atoms with van der Waals surface area (Å²) in [6.07, 6.45) is 4.18. The van der Waals surface area contributed by atoms with Crippen LogP contribution in [0.1, 0.15) is 53.5 Å². The van der Waals surface area contributed by atoms with Crippen molar-refractivity contribution < 1.29 is 19.0 Å². The Bertz CT molecular complexity index is 543. The van der Waals surface area contributed by atoms with Crippen molar-refractivity contribution in [2.45, 2.75) is 66.3 Å². The zero-order valence-corrected chi connectivity index (χ0v) is 17.0. The normalized spacial score (nSPS) is 14.6. The van der Waals surface area contributed by atoms with E-state index >= 15 is 0 Å². The van der Waals surface area contributed by atoms with Crippen LogP contribution in [0.4, 0.5) is 0 Å². The van der Waals surface area contributed by atoms with Crippen LogP contribution >= 0.6 is 0 Å². The lowest BCUT2D eigenvalue weighted by Gasteiger charge is -2.27. The van der Waals surface area contributed by atoms with Gasteiger partial charge in [-0.1, -0.05) is 57.2 Å². The molecule has 146 valence electrons. The van der Waals surface area contributed by atoms with E-state index in [9.17, 15) is 4.79 Å². The number of benzene rings is 1. The molecule has 0 spiro atoms. The number of hydrogen-bond acceptors (Lipinski definition) is 4. The molecule has 0 saturated carbocycles. The minimum absolute atomic E-state index is 0.0639. The van der Waals surface area contributed by atoms with Crippen LogP contribution in [0.15, 0.2) is 42.5 Å². The summed E-state index contributed by atoms with van der Waals surface area (Å²) in [5, 5.41) is 0. The predicted octanol–water partition coefficient (Wildman–Crippen LogP) is 5.13. The van der Waals surface area contributed by atoms with Crippen molar-refractivity contribution in [2.75, 3.05) is 6.79 Å². The third-order valence-corrected chi connectivity index (χ3v) is 3.84. The van der Waals surface area contributed by atoms with Gasteiger partial charge in [0.2, 0.25) is 0 Å². The van der Waals surface area contributed by atoms with Gasteiger partial charge in [-0.3, -0.25) is 0 Å². The zero-order chi connectivity index (χ0) is 19.6. The van der Waals surface area contributed by atoms with E-state index in [0.29, 0.717) is 12.5 Å². The lowest BCUT2D eigenvalue weighted by molar-refractivity contribution is -0.148. The fourth-order valence-electron chi connectivity index (χ4n) is 2.72. The number of rotatable bonds is 10. The first-order valence-corrected chi connectivity index (χ1v) is 9.32. The van der Waals surface area contributed by atoms with Crippen molar-refractivity contribution >= 4 is 5.97 Å². The van der Waals surface area contributed by atoms with Gasteiger partial charge in [-0.05, 0) is 44.6 Å². The number of hydrogen-bond donors (Lipinski definition) is 0. The molecule has 4 heteroatoms. The molecule has 0 saturated heterocycles. The Morgan fingerprint density at radius 3 is 2.35 bits per heavy atom. The maximum Gasteiger partial charge on any atom is 0.330 e. The van der Waals surface area contributed by atoms with Crippen LogP contribution in [0.5, 0.6) is 0 Å². The highest BCUT2D eigenvalue weighted by atomic mass is 16.7. The fraction of sp³-hybridized carbons (Fsp3) is 0.591. The number of carbonyl (C=O) groups excluding carboxylic acids is 1. The van der Waals surface area contributed by atoms with Crippen LogP contribution in [-0.2, 0) is 25.6 Å². The lowest BCUT2D eigenvalue weighted by atomic mass is 9.92. The second-order valence-corrected chi connectivity index (χ2v) is 7.98. The molecular weight excluding hydrogens is 328 g/mol. The maximum atomic E-state index is 11.7. The smallest absolute Gasteiger partial charge is 0.330 e. The van der Waals surface area contributed by atoms with E-state index in [1.807, 2.05) is 57.2 Å². The molecule has 0 aliphatic rings. The molecule has 0 fully saturated rings. The Hall–Kier alpha value is -1.65. The molecule has 0 bridgehead atoms. The van der Waals surface area contributed by atoms with Gasteiger partial charge in [-0.25, -0.2) is 4.79 Å². The Labute approximate surface area is 158 Å². The summed E-state index contributed by atoms with van der Waals surface area (Å²) < 4.78 is 16.9. The molecule has 0 aliphatic carbocycles. The van der Waals surface area contributed by atoms with Gasteiger partial charge in [0, 0.05) is 6.08 Å². The second-order valence-electron chi connectivity index (χ2n) is 7.98. The minimum Gasteiger partial charge on any atom is -0.457 e. The summed E-state index contributed by atoms with van der Waals surface area (Å²) in [6, 6.07) is 10.0. The summed E-state index contributed by atoms with van der Waals surface area (Å²) in [7, 11) is 0. The molecule has 0 N–H and O–H groups in total. The Kier molecular flexibility index (Phi) is 9.60. The third-order valence-electron chi connectivity index (χ3n) is 3.84. The molecule has 0 unspecified atom stereocenters. The summed E-state index contributed by atoms with van der Waals surface area (Å²) >= 11 is 0. The van der Waals surface area contributed by atoms with E-state index in [2.05, 4.69) is 20.8 Å². The molecule has 26 heavy (non-hydrogen) atoms. The summed E-state index contributed by atoms with van der Waals surface area (Å²) in [6.45, 7) is 12.8. The van der Waals surface area contributed by atoms with Crippen molar-refractivity contribution in [2.24, 2.45) is 11.8 Å². The van der Waals surface area contributed by atoms with E-state index in [1.54, 1.807) is 0 Å². The summed E-state index contributed by atoms with van der Waals surface area (Å²) in [5.41, 5.74) is 0.665. The SMILES string of the molecule is CC(C)[C@@H](OCOCc1ccccc1)[C@@H](C)C/C=C/C(=O)OC(C)(C)C. The fourth-order valence-corrected chi connectivity index (χ4v) is 2.72. The first-order valence-electron chi connectivity index (χ1n) is 9.32. The first kappa shape index (κ1) is 22.4. The molecule has 1 rings (SSSR count). The number of carbonyl (C=O) groups is 1. The van der Waals surface area contributed by atoms with Crippen molar-refractivity contribution in [3.8, 4) is 0 Å². The highest BCUT2D eigenvalue weighted by Gasteiger charge is 2.21. The van der Waals surface area contributed by atoms with Crippen LogP contribution in [0, 0.1) is 11.8 Å². The monoisotopic (exact) mass is 362 g/mol. The summed E-state index contributed by atoms with van der Waals surface area (Å²) in [4.78, 5) is 11.7. The molecular formula is C22H34O4. The largest absolute Gasteiger partial charge is 0.457 e.